The zero-order valence-electron chi connectivity index (χ0n) is 14.7. The Morgan fingerprint density at radius 1 is 1.18 bits per heavy atom. The molecule has 0 spiro atoms. The van der Waals surface area contributed by atoms with Crippen molar-refractivity contribution in [2.24, 2.45) is 17.6 Å². The van der Waals surface area contributed by atoms with Crippen molar-refractivity contribution in [1.29, 1.82) is 0 Å². The minimum Gasteiger partial charge on any atom is -0.354 e. The van der Waals surface area contributed by atoms with E-state index in [1.165, 1.54) is 32.1 Å². The average Bonchev–Trinajstić information content (AvgIpc) is 2.51. The summed E-state index contributed by atoms with van der Waals surface area (Å²) >= 11 is 0. The minimum absolute atomic E-state index is 0.0263. The predicted molar refractivity (Wildman–Crippen MR) is 88.4 cm³/mol. The maximum Gasteiger partial charge on any atom is 0.239 e. The Bertz CT molecular complexity index is 313. The zero-order valence-corrected chi connectivity index (χ0v) is 14.7. The summed E-state index contributed by atoms with van der Waals surface area (Å²) < 4.78 is 10.5. The standard InChI is InChI=1S/C17H34N2O3/c1-13(2)10-15(18)17(20)19(12-16(21-3)22-4)11-14-8-6-5-7-9-14/h13-16H,5-12,18H2,1-4H3/t15-/m0/s1. The van der Waals surface area contributed by atoms with Crippen LogP contribution >= 0.6 is 0 Å². The van der Waals surface area contributed by atoms with Crippen molar-refractivity contribution in [3.8, 4) is 0 Å². The molecular weight excluding hydrogens is 280 g/mol. The van der Waals surface area contributed by atoms with Crippen LogP contribution in [0.1, 0.15) is 52.4 Å². The normalized spacial score (nSPS) is 18.0. The number of amides is 1. The van der Waals surface area contributed by atoms with Crippen LogP contribution in [0.4, 0.5) is 0 Å². The van der Waals surface area contributed by atoms with Crippen LogP contribution in [0.2, 0.25) is 0 Å². The summed E-state index contributed by atoms with van der Waals surface area (Å²) in [5, 5.41) is 0. The largest absolute Gasteiger partial charge is 0.354 e. The fourth-order valence-corrected chi connectivity index (χ4v) is 3.20. The summed E-state index contributed by atoms with van der Waals surface area (Å²) in [5.74, 6) is 1.02. The summed E-state index contributed by atoms with van der Waals surface area (Å²) in [5.41, 5.74) is 6.11. The molecule has 0 bridgehead atoms. The SMILES string of the molecule is COC(CN(CC1CCCCC1)C(=O)[C@@H](N)CC(C)C)OC. The lowest BCUT2D eigenvalue weighted by atomic mass is 9.88. The van der Waals surface area contributed by atoms with Gasteiger partial charge in [-0.25, -0.2) is 0 Å². The molecule has 1 fully saturated rings. The Hall–Kier alpha value is -0.650. The van der Waals surface area contributed by atoms with Crippen LogP contribution in [-0.2, 0) is 14.3 Å². The van der Waals surface area contributed by atoms with E-state index in [0.29, 0.717) is 24.8 Å². The molecule has 0 aliphatic heterocycles. The molecule has 1 atom stereocenters. The van der Waals surface area contributed by atoms with E-state index < -0.39 is 12.3 Å². The molecule has 1 saturated carbocycles. The lowest BCUT2D eigenvalue weighted by Gasteiger charge is -2.33. The third-order valence-corrected chi connectivity index (χ3v) is 4.45. The molecule has 0 saturated heterocycles. The molecule has 1 rings (SSSR count). The van der Waals surface area contributed by atoms with E-state index in [1.54, 1.807) is 14.2 Å². The van der Waals surface area contributed by atoms with Crippen LogP contribution in [0, 0.1) is 11.8 Å². The number of ether oxygens (including phenoxy) is 2. The van der Waals surface area contributed by atoms with Crippen LogP contribution in [0.15, 0.2) is 0 Å². The molecule has 0 heterocycles. The quantitative estimate of drug-likeness (QED) is 0.664. The summed E-state index contributed by atoms with van der Waals surface area (Å²) in [6, 6.07) is -0.432. The highest BCUT2D eigenvalue weighted by molar-refractivity contribution is 5.81. The molecule has 130 valence electrons. The maximum atomic E-state index is 12.7. The van der Waals surface area contributed by atoms with E-state index in [1.807, 2.05) is 4.90 Å². The Morgan fingerprint density at radius 3 is 2.27 bits per heavy atom. The molecular formula is C17H34N2O3. The predicted octanol–water partition coefficient (Wildman–Crippen LogP) is 2.39. The lowest BCUT2D eigenvalue weighted by Crippen LogP contribution is -2.49. The van der Waals surface area contributed by atoms with Gasteiger partial charge in [-0.3, -0.25) is 4.79 Å². The van der Waals surface area contributed by atoms with Crippen molar-refractivity contribution < 1.29 is 14.3 Å². The fraction of sp³-hybridized carbons (Fsp3) is 0.941. The molecule has 0 radical (unpaired) electrons. The van der Waals surface area contributed by atoms with Gasteiger partial charge in [0.2, 0.25) is 5.91 Å². The number of hydrogen-bond donors (Lipinski definition) is 1. The van der Waals surface area contributed by atoms with Crippen LogP contribution in [0.3, 0.4) is 0 Å². The Morgan fingerprint density at radius 2 is 1.77 bits per heavy atom. The second-order valence-electron chi connectivity index (χ2n) is 6.88. The molecule has 1 amide bonds. The van der Waals surface area contributed by atoms with Crippen LogP contribution in [-0.4, -0.2) is 50.4 Å². The van der Waals surface area contributed by atoms with Crippen molar-refractivity contribution >= 4 is 5.91 Å². The van der Waals surface area contributed by atoms with Crippen LogP contribution < -0.4 is 5.73 Å². The van der Waals surface area contributed by atoms with Gasteiger partial charge in [-0.15, -0.1) is 0 Å². The lowest BCUT2D eigenvalue weighted by molar-refractivity contribution is -0.148. The second-order valence-corrected chi connectivity index (χ2v) is 6.88. The molecule has 22 heavy (non-hydrogen) atoms. The topological polar surface area (TPSA) is 64.8 Å². The van der Waals surface area contributed by atoms with Gasteiger partial charge >= 0.3 is 0 Å². The molecule has 1 aliphatic rings. The van der Waals surface area contributed by atoms with Gasteiger partial charge in [0.25, 0.3) is 0 Å². The van der Waals surface area contributed by atoms with Gasteiger partial charge < -0.3 is 20.1 Å². The zero-order chi connectivity index (χ0) is 16.5. The van der Waals surface area contributed by atoms with E-state index in [-0.39, 0.29) is 5.91 Å². The number of hydrogen-bond acceptors (Lipinski definition) is 4. The number of carbonyl (C=O) groups is 1. The number of nitrogens with two attached hydrogens (primary N) is 1. The molecule has 0 aromatic carbocycles. The van der Waals surface area contributed by atoms with Gasteiger partial charge in [0, 0.05) is 20.8 Å². The van der Waals surface area contributed by atoms with E-state index in [0.717, 1.165) is 6.54 Å². The fourth-order valence-electron chi connectivity index (χ4n) is 3.20. The van der Waals surface area contributed by atoms with Crippen molar-refractivity contribution in [2.75, 3.05) is 27.3 Å². The Balaban J connectivity index is 2.68. The third-order valence-electron chi connectivity index (χ3n) is 4.45. The van der Waals surface area contributed by atoms with Gasteiger partial charge in [0.05, 0.1) is 12.6 Å². The highest BCUT2D eigenvalue weighted by Crippen LogP contribution is 2.25. The van der Waals surface area contributed by atoms with Gasteiger partial charge in [-0.05, 0) is 31.1 Å². The average molecular weight is 314 g/mol. The number of rotatable bonds is 9. The maximum absolute atomic E-state index is 12.7. The van der Waals surface area contributed by atoms with Gasteiger partial charge in [-0.1, -0.05) is 33.1 Å². The first kappa shape index (κ1) is 19.4. The first-order chi connectivity index (χ1) is 10.5. The van der Waals surface area contributed by atoms with Crippen molar-refractivity contribution in [1.82, 2.24) is 4.90 Å². The monoisotopic (exact) mass is 314 g/mol. The van der Waals surface area contributed by atoms with Gasteiger partial charge in [0.1, 0.15) is 0 Å². The number of nitrogens with zero attached hydrogens (tertiary/aromatic N) is 1. The van der Waals surface area contributed by atoms with Crippen molar-refractivity contribution in [3.05, 3.63) is 0 Å². The molecule has 5 nitrogen and oxygen atoms in total. The van der Waals surface area contributed by atoms with Crippen molar-refractivity contribution in [3.63, 3.8) is 0 Å². The second kappa shape index (κ2) is 10.2. The highest BCUT2D eigenvalue weighted by atomic mass is 16.7. The van der Waals surface area contributed by atoms with Crippen LogP contribution in [0.25, 0.3) is 0 Å². The molecule has 5 heteroatoms. The van der Waals surface area contributed by atoms with E-state index in [2.05, 4.69) is 13.8 Å². The molecule has 0 aromatic heterocycles. The van der Waals surface area contributed by atoms with Gasteiger partial charge in [0.15, 0.2) is 6.29 Å². The molecule has 2 N–H and O–H groups in total. The summed E-state index contributed by atoms with van der Waals surface area (Å²) in [6.07, 6.45) is 6.58. The number of methoxy groups -OCH3 is 2. The van der Waals surface area contributed by atoms with Crippen molar-refractivity contribution in [2.45, 2.75) is 64.7 Å². The molecule has 1 aliphatic carbocycles. The van der Waals surface area contributed by atoms with E-state index >= 15 is 0 Å². The molecule has 0 aromatic rings. The van der Waals surface area contributed by atoms with Gasteiger partial charge in [-0.2, -0.15) is 0 Å². The smallest absolute Gasteiger partial charge is 0.239 e. The first-order valence-corrected chi connectivity index (χ1v) is 8.57. The summed E-state index contributed by atoms with van der Waals surface area (Å²) in [7, 11) is 3.21. The Labute approximate surface area is 135 Å². The summed E-state index contributed by atoms with van der Waals surface area (Å²) in [4.78, 5) is 14.6. The minimum atomic E-state index is -0.432. The molecule has 0 unspecified atom stereocenters. The first-order valence-electron chi connectivity index (χ1n) is 8.57. The summed E-state index contributed by atoms with van der Waals surface area (Å²) in [6.45, 7) is 5.40. The third kappa shape index (κ3) is 6.63. The van der Waals surface area contributed by atoms with Crippen LogP contribution in [0.5, 0.6) is 0 Å². The van der Waals surface area contributed by atoms with E-state index in [9.17, 15) is 4.79 Å². The highest BCUT2D eigenvalue weighted by Gasteiger charge is 2.27. The number of carbonyl (C=O) groups excluding carboxylic acids is 1. The Kier molecular flexibility index (Phi) is 8.98. The van der Waals surface area contributed by atoms with E-state index in [4.69, 9.17) is 15.2 Å².